The molecule has 0 aliphatic rings. The van der Waals surface area contributed by atoms with Crippen molar-refractivity contribution in [3.05, 3.63) is 0 Å². The highest BCUT2D eigenvalue weighted by atomic mass is 79.9. The normalized spacial score (nSPS) is 3.60. The maximum atomic E-state index is 2.12. The highest BCUT2D eigenvalue weighted by molar-refractivity contribution is 8.93. The quantitative estimate of drug-likeness (QED) is 0.512. The Hall–Kier alpha value is 0.770. The van der Waals surface area contributed by atoms with Crippen LogP contribution >= 0.6 is 29.4 Å². The molecule has 0 atom stereocenters. The Kier molecular flexibility index (Phi) is 74.1. The zero-order valence-electron chi connectivity index (χ0n) is 3.52. The van der Waals surface area contributed by atoms with Crippen molar-refractivity contribution in [1.82, 2.24) is 0 Å². The van der Waals surface area contributed by atoms with Crippen LogP contribution in [0.1, 0.15) is 20.3 Å². The van der Waals surface area contributed by atoms with E-state index in [-0.39, 0.29) is 29.4 Å². The maximum absolute atomic E-state index is 2.12. The van der Waals surface area contributed by atoms with Gasteiger partial charge < -0.3 is 0 Å². The zero-order valence-corrected chi connectivity index (χ0v) is 6.05. The zero-order chi connectivity index (χ0) is 2.71. The fraction of sp³-hybridized carbons (Fsp3) is 1.00. The van der Waals surface area contributed by atoms with E-state index >= 15 is 0 Å². The molecule has 2 heteroatoms. The van der Waals surface area contributed by atoms with Gasteiger partial charge in [0.25, 0.3) is 0 Å². The van der Waals surface area contributed by atoms with Gasteiger partial charge in [0, 0.05) is 0 Å². The van der Waals surface area contributed by atoms with Crippen molar-refractivity contribution < 1.29 is 0 Å². The average Bonchev–Trinajstić information content (AvgIpc) is 0.918. The van der Waals surface area contributed by atoms with Gasteiger partial charge in [0.1, 0.15) is 0 Å². The second-order valence-corrected chi connectivity index (χ2v) is 0.707. The molecule has 0 nitrogen and oxygen atoms in total. The van der Waals surface area contributed by atoms with Crippen LogP contribution in [0.25, 0.3) is 0 Å². The molecule has 0 aliphatic heterocycles. The SMILES string of the molecule is Br.CCC.Cl. The molecule has 5 heavy (non-hydrogen) atoms. The van der Waals surface area contributed by atoms with Gasteiger partial charge in [0.2, 0.25) is 0 Å². The molecule has 0 saturated heterocycles. The van der Waals surface area contributed by atoms with Crippen LogP contribution in [0, 0.1) is 0 Å². The molecule has 0 rings (SSSR count). The van der Waals surface area contributed by atoms with Crippen molar-refractivity contribution in [1.29, 1.82) is 0 Å². The Morgan fingerprint density at radius 1 is 1.20 bits per heavy atom. The van der Waals surface area contributed by atoms with Crippen LogP contribution in [0.2, 0.25) is 0 Å². The molecule has 0 N–H and O–H groups in total. The molecule has 0 aromatic heterocycles. The van der Waals surface area contributed by atoms with E-state index in [4.69, 9.17) is 0 Å². The van der Waals surface area contributed by atoms with Gasteiger partial charge in [0.05, 0.1) is 0 Å². The monoisotopic (exact) mass is 160 g/mol. The van der Waals surface area contributed by atoms with E-state index in [1.807, 2.05) is 0 Å². The summed E-state index contributed by atoms with van der Waals surface area (Å²) in [5, 5.41) is 0. The summed E-state index contributed by atoms with van der Waals surface area (Å²) in [4.78, 5) is 0. The van der Waals surface area contributed by atoms with E-state index in [1.54, 1.807) is 0 Å². The van der Waals surface area contributed by atoms with Crippen molar-refractivity contribution in [2.24, 2.45) is 0 Å². The first-order valence-corrected chi connectivity index (χ1v) is 1.41. The Morgan fingerprint density at radius 2 is 1.20 bits per heavy atom. The molecule has 0 heterocycles. The van der Waals surface area contributed by atoms with Crippen LogP contribution in [0.5, 0.6) is 0 Å². The molecule has 0 aliphatic carbocycles. The third-order valence-corrected chi connectivity index (χ3v) is 0. The van der Waals surface area contributed by atoms with Crippen molar-refractivity contribution in [3.8, 4) is 0 Å². The van der Waals surface area contributed by atoms with E-state index < -0.39 is 0 Å². The molecular weight excluding hydrogens is 151 g/mol. The van der Waals surface area contributed by atoms with Crippen LogP contribution in [0.4, 0.5) is 0 Å². The molecule has 0 aromatic rings. The predicted molar refractivity (Wildman–Crippen MR) is 33.5 cm³/mol. The number of hydrogen-bond donors (Lipinski definition) is 0. The van der Waals surface area contributed by atoms with Gasteiger partial charge in [-0.15, -0.1) is 29.4 Å². The molecule has 0 bridgehead atoms. The summed E-state index contributed by atoms with van der Waals surface area (Å²) >= 11 is 0. The minimum Gasteiger partial charge on any atom is -0.147 e. The Morgan fingerprint density at radius 3 is 1.20 bits per heavy atom. The van der Waals surface area contributed by atoms with Crippen molar-refractivity contribution in [2.75, 3.05) is 0 Å². The lowest BCUT2D eigenvalue weighted by molar-refractivity contribution is 1.09. The summed E-state index contributed by atoms with van der Waals surface area (Å²) in [5.74, 6) is 0. The van der Waals surface area contributed by atoms with Gasteiger partial charge >= 0.3 is 0 Å². The molecule has 0 radical (unpaired) electrons. The lowest BCUT2D eigenvalue weighted by Crippen LogP contribution is -1.27. The van der Waals surface area contributed by atoms with Crippen molar-refractivity contribution >= 4 is 29.4 Å². The van der Waals surface area contributed by atoms with E-state index in [0.29, 0.717) is 0 Å². The summed E-state index contributed by atoms with van der Waals surface area (Å²) in [7, 11) is 0. The first-order valence-electron chi connectivity index (χ1n) is 1.41. The van der Waals surface area contributed by atoms with E-state index in [1.165, 1.54) is 6.42 Å². The standard InChI is InChI=1S/C3H8.BrH.ClH/c1-3-2;;/h3H2,1-2H3;2*1H. The van der Waals surface area contributed by atoms with E-state index in [9.17, 15) is 0 Å². The lowest BCUT2D eigenvalue weighted by atomic mass is 10.6. The van der Waals surface area contributed by atoms with Crippen LogP contribution in [-0.2, 0) is 0 Å². The number of rotatable bonds is 0. The molecule has 0 saturated carbocycles. The first kappa shape index (κ1) is 17.1. The van der Waals surface area contributed by atoms with Crippen molar-refractivity contribution in [3.63, 3.8) is 0 Å². The van der Waals surface area contributed by atoms with Crippen LogP contribution in [-0.4, -0.2) is 0 Å². The Balaban J connectivity index is -0.0000000200. The largest absolute Gasteiger partial charge is 0.147 e. The maximum Gasteiger partial charge on any atom is -0.0590 e. The number of hydrogen-bond acceptors (Lipinski definition) is 0. The van der Waals surface area contributed by atoms with Gasteiger partial charge in [-0.25, -0.2) is 0 Å². The summed E-state index contributed by atoms with van der Waals surface area (Å²) in [5.41, 5.74) is 0. The third kappa shape index (κ3) is 61.7. The minimum absolute atomic E-state index is 0. The van der Waals surface area contributed by atoms with Crippen LogP contribution in [0.15, 0.2) is 0 Å². The highest BCUT2D eigenvalue weighted by Gasteiger charge is 1.35. The molecule has 36 valence electrons. The molecule has 0 spiro atoms. The van der Waals surface area contributed by atoms with E-state index in [0.717, 1.165) is 0 Å². The lowest BCUT2D eigenvalue weighted by Gasteiger charge is -1.48. The van der Waals surface area contributed by atoms with Crippen molar-refractivity contribution in [2.45, 2.75) is 20.3 Å². The first-order chi connectivity index (χ1) is 1.41. The summed E-state index contributed by atoms with van der Waals surface area (Å²) in [6.07, 6.45) is 1.25. The summed E-state index contributed by atoms with van der Waals surface area (Å²) in [6, 6.07) is 0. The average molecular weight is 161 g/mol. The smallest absolute Gasteiger partial charge is 0.0590 e. The molecule has 0 amide bonds. The van der Waals surface area contributed by atoms with Crippen LogP contribution < -0.4 is 0 Å². The van der Waals surface area contributed by atoms with Gasteiger partial charge in [-0.3, -0.25) is 0 Å². The fourth-order valence-corrected chi connectivity index (χ4v) is 0. The minimum atomic E-state index is 0. The van der Waals surface area contributed by atoms with Gasteiger partial charge in [-0.05, 0) is 0 Å². The molecular formula is C3H10BrCl. The number of halogens is 2. The predicted octanol–water partition coefficient (Wildman–Crippen LogP) is 2.42. The van der Waals surface area contributed by atoms with Gasteiger partial charge in [-0.1, -0.05) is 20.3 Å². The fourth-order valence-electron chi connectivity index (χ4n) is 0. The summed E-state index contributed by atoms with van der Waals surface area (Å²) < 4.78 is 0. The second kappa shape index (κ2) is 21.6. The highest BCUT2D eigenvalue weighted by Crippen LogP contribution is 1.56. The van der Waals surface area contributed by atoms with Gasteiger partial charge in [0.15, 0.2) is 0 Å². The van der Waals surface area contributed by atoms with Gasteiger partial charge in [-0.2, -0.15) is 0 Å². The topological polar surface area (TPSA) is 0 Å². The Bertz CT molecular complexity index is 6.85. The molecule has 0 unspecified atom stereocenters. The van der Waals surface area contributed by atoms with Crippen LogP contribution in [0.3, 0.4) is 0 Å². The molecule has 0 aromatic carbocycles. The van der Waals surface area contributed by atoms with E-state index in [2.05, 4.69) is 13.8 Å². The second-order valence-electron chi connectivity index (χ2n) is 0.707. The third-order valence-electron chi connectivity index (χ3n) is 0. The molecule has 0 fully saturated rings. The summed E-state index contributed by atoms with van der Waals surface area (Å²) in [6.45, 7) is 4.25. The Labute approximate surface area is 50.1 Å².